The molecule has 2 atom stereocenters. The normalized spacial score (nSPS) is 22.6. The summed E-state index contributed by atoms with van der Waals surface area (Å²) in [5, 5.41) is 10.6. The monoisotopic (exact) mass is 385 g/mol. The van der Waals surface area contributed by atoms with Crippen molar-refractivity contribution >= 4 is 11.8 Å². The van der Waals surface area contributed by atoms with E-state index in [2.05, 4.69) is 25.4 Å². The lowest BCUT2D eigenvalue weighted by Crippen LogP contribution is -2.48. The van der Waals surface area contributed by atoms with Gasteiger partial charge < -0.3 is 14.8 Å². The minimum atomic E-state index is -0.0417. The number of nitrogens with zero attached hydrogens (tertiary/aromatic N) is 5. The summed E-state index contributed by atoms with van der Waals surface area (Å²) in [5.74, 6) is 0.464. The number of nitrogens with one attached hydrogen (secondary N) is 2. The quantitative estimate of drug-likeness (QED) is 0.806. The molecule has 2 amide bonds. The van der Waals surface area contributed by atoms with E-state index in [9.17, 15) is 9.59 Å². The second kappa shape index (κ2) is 8.12. The number of piperidine rings is 1. The molecule has 2 aromatic rings. The highest BCUT2D eigenvalue weighted by Gasteiger charge is 2.38. The Labute approximate surface area is 163 Å². The van der Waals surface area contributed by atoms with Crippen LogP contribution in [0.5, 0.6) is 0 Å². The number of hydrogen-bond acceptors (Lipinski definition) is 5. The molecule has 2 aromatic heterocycles. The summed E-state index contributed by atoms with van der Waals surface area (Å²) < 4.78 is 0. The molecule has 2 saturated heterocycles. The van der Waals surface area contributed by atoms with E-state index in [1.807, 2.05) is 9.80 Å². The molecule has 2 unspecified atom stereocenters. The summed E-state index contributed by atoms with van der Waals surface area (Å²) >= 11 is 0. The van der Waals surface area contributed by atoms with Gasteiger partial charge in [-0.2, -0.15) is 15.4 Å². The summed E-state index contributed by atoms with van der Waals surface area (Å²) in [6.07, 6.45) is 8.63. The summed E-state index contributed by atoms with van der Waals surface area (Å²) in [5.41, 5.74) is 2.03. The number of carbonyl (C=O) groups is 2. The number of rotatable bonds is 5. The first-order chi connectivity index (χ1) is 13.6. The van der Waals surface area contributed by atoms with Crippen molar-refractivity contribution in [3.05, 3.63) is 29.6 Å². The fourth-order valence-corrected chi connectivity index (χ4v) is 4.47. The largest absolute Gasteiger partial charge is 0.348 e. The molecule has 9 heteroatoms. The van der Waals surface area contributed by atoms with Gasteiger partial charge in [-0.15, -0.1) is 0 Å². The Bertz CT molecular complexity index is 816. The van der Waals surface area contributed by atoms with Gasteiger partial charge in [-0.05, 0) is 44.9 Å². The third kappa shape index (κ3) is 3.79. The van der Waals surface area contributed by atoms with Crippen LogP contribution in [0.3, 0.4) is 0 Å². The number of hydrogen-bond donors (Lipinski definition) is 2. The zero-order chi connectivity index (χ0) is 19.5. The van der Waals surface area contributed by atoms with Gasteiger partial charge in [-0.3, -0.25) is 9.59 Å². The van der Waals surface area contributed by atoms with Crippen molar-refractivity contribution in [1.29, 1.82) is 0 Å². The van der Waals surface area contributed by atoms with Crippen LogP contribution in [0.1, 0.15) is 54.0 Å². The molecule has 2 fully saturated rings. The van der Waals surface area contributed by atoms with Crippen molar-refractivity contribution in [3.63, 3.8) is 0 Å². The molecular weight excluding hydrogens is 358 g/mol. The molecule has 0 saturated carbocycles. The number of H-pyrrole nitrogens is 2. The van der Waals surface area contributed by atoms with E-state index in [0.717, 1.165) is 51.0 Å². The molecule has 28 heavy (non-hydrogen) atoms. The molecule has 0 aromatic carbocycles. The Kier molecular flexibility index (Phi) is 5.40. The first kappa shape index (κ1) is 18.6. The number of amides is 2. The van der Waals surface area contributed by atoms with Crippen molar-refractivity contribution < 1.29 is 9.59 Å². The summed E-state index contributed by atoms with van der Waals surface area (Å²) in [7, 11) is 0. The van der Waals surface area contributed by atoms with Crippen molar-refractivity contribution in [1.82, 2.24) is 35.2 Å². The second-order valence-electron chi connectivity index (χ2n) is 7.78. The van der Waals surface area contributed by atoms with Crippen LogP contribution in [-0.4, -0.2) is 72.7 Å². The van der Waals surface area contributed by atoms with Crippen LogP contribution in [-0.2, 0) is 11.2 Å². The lowest BCUT2D eigenvalue weighted by molar-refractivity contribution is -0.130. The number of carbonyl (C=O) groups excluding carboxylic acids is 2. The first-order valence-corrected chi connectivity index (χ1v) is 10.1. The SMILES string of the molecule is Cc1n[nH]nc1C(=O)N1CCCCC1C1CCN(C(=O)CCc2cnc[nH]2)C1. The Morgan fingerprint density at radius 3 is 2.86 bits per heavy atom. The number of aromatic amines is 2. The maximum atomic E-state index is 13.0. The van der Waals surface area contributed by atoms with Gasteiger partial charge in [0, 0.05) is 44.0 Å². The van der Waals surface area contributed by atoms with Crippen LogP contribution in [0.2, 0.25) is 0 Å². The molecule has 4 rings (SSSR count). The van der Waals surface area contributed by atoms with Gasteiger partial charge in [-0.1, -0.05) is 0 Å². The predicted octanol–water partition coefficient (Wildman–Crippen LogP) is 1.31. The molecule has 2 aliphatic heterocycles. The minimum absolute atomic E-state index is 0.0417. The van der Waals surface area contributed by atoms with Gasteiger partial charge >= 0.3 is 0 Å². The maximum absolute atomic E-state index is 13.0. The number of aryl methyl sites for hydroxylation is 2. The van der Waals surface area contributed by atoms with Crippen molar-refractivity contribution in [3.8, 4) is 0 Å². The zero-order valence-electron chi connectivity index (χ0n) is 16.2. The van der Waals surface area contributed by atoms with E-state index in [4.69, 9.17) is 0 Å². The van der Waals surface area contributed by atoms with Crippen LogP contribution in [0.25, 0.3) is 0 Å². The van der Waals surface area contributed by atoms with Gasteiger partial charge in [0.1, 0.15) is 0 Å². The van der Waals surface area contributed by atoms with E-state index in [1.54, 1.807) is 19.4 Å². The van der Waals surface area contributed by atoms with Crippen molar-refractivity contribution in [2.24, 2.45) is 5.92 Å². The average molecular weight is 385 g/mol. The zero-order valence-corrected chi connectivity index (χ0v) is 16.2. The van der Waals surface area contributed by atoms with E-state index in [-0.39, 0.29) is 17.9 Å². The third-order valence-electron chi connectivity index (χ3n) is 6.02. The van der Waals surface area contributed by atoms with Crippen LogP contribution in [0.15, 0.2) is 12.5 Å². The van der Waals surface area contributed by atoms with E-state index in [0.29, 0.717) is 30.1 Å². The van der Waals surface area contributed by atoms with Gasteiger partial charge in [-0.25, -0.2) is 4.98 Å². The molecule has 2 N–H and O–H groups in total. The molecule has 0 bridgehead atoms. The predicted molar refractivity (Wildman–Crippen MR) is 101 cm³/mol. The van der Waals surface area contributed by atoms with Crippen LogP contribution < -0.4 is 0 Å². The number of likely N-dealkylation sites (tertiary alicyclic amines) is 2. The van der Waals surface area contributed by atoms with Crippen molar-refractivity contribution in [2.75, 3.05) is 19.6 Å². The lowest BCUT2D eigenvalue weighted by Gasteiger charge is -2.39. The fraction of sp³-hybridized carbons (Fsp3) is 0.632. The number of imidazole rings is 1. The van der Waals surface area contributed by atoms with E-state index >= 15 is 0 Å². The summed E-state index contributed by atoms with van der Waals surface area (Å²) in [4.78, 5) is 36.6. The molecular formula is C19H27N7O2. The highest BCUT2D eigenvalue weighted by molar-refractivity contribution is 5.93. The fourth-order valence-electron chi connectivity index (χ4n) is 4.47. The first-order valence-electron chi connectivity index (χ1n) is 10.1. The Hall–Kier alpha value is -2.71. The molecule has 4 heterocycles. The molecule has 9 nitrogen and oxygen atoms in total. The molecule has 0 aliphatic carbocycles. The smallest absolute Gasteiger partial charge is 0.276 e. The average Bonchev–Trinajstić information content (AvgIpc) is 3.47. The number of aromatic nitrogens is 5. The maximum Gasteiger partial charge on any atom is 0.276 e. The summed E-state index contributed by atoms with van der Waals surface area (Å²) in [6.45, 7) is 4.05. The Balaban J connectivity index is 1.38. The van der Waals surface area contributed by atoms with Gasteiger partial charge in [0.25, 0.3) is 5.91 Å². The Morgan fingerprint density at radius 2 is 2.11 bits per heavy atom. The van der Waals surface area contributed by atoms with Gasteiger partial charge in [0.05, 0.1) is 12.0 Å². The molecule has 150 valence electrons. The molecule has 0 spiro atoms. The Morgan fingerprint density at radius 1 is 1.21 bits per heavy atom. The minimum Gasteiger partial charge on any atom is -0.348 e. The van der Waals surface area contributed by atoms with Crippen LogP contribution in [0, 0.1) is 12.8 Å². The van der Waals surface area contributed by atoms with Crippen molar-refractivity contribution in [2.45, 2.75) is 51.5 Å². The van der Waals surface area contributed by atoms with Gasteiger partial charge in [0.2, 0.25) is 5.91 Å². The molecule has 0 radical (unpaired) electrons. The van der Waals surface area contributed by atoms with E-state index < -0.39 is 0 Å². The highest BCUT2D eigenvalue weighted by atomic mass is 16.2. The molecule has 2 aliphatic rings. The van der Waals surface area contributed by atoms with Crippen LogP contribution in [0.4, 0.5) is 0 Å². The van der Waals surface area contributed by atoms with Gasteiger partial charge in [0.15, 0.2) is 5.69 Å². The topological polar surface area (TPSA) is 111 Å². The lowest BCUT2D eigenvalue weighted by atomic mass is 9.89. The highest BCUT2D eigenvalue weighted by Crippen LogP contribution is 2.31. The van der Waals surface area contributed by atoms with Crippen LogP contribution >= 0.6 is 0 Å². The summed E-state index contributed by atoms with van der Waals surface area (Å²) in [6, 6.07) is 0.169. The second-order valence-corrected chi connectivity index (χ2v) is 7.78. The third-order valence-corrected chi connectivity index (χ3v) is 6.02. The van der Waals surface area contributed by atoms with E-state index in [1.165, 1.54) is 0 Å². The standard InChI is InChI=1S/C19H27N7O2/c1-13-18(23-24-22-13)19(28)26-8-3-2-4-16(26)14-7-9-25(11-14)17(27)6-5-15-10-20-12-21-15/h10,12,14,16H,2-9,11H2,1H3,(H,20,21)(H,22,23,24).